The zero-order valence-corrected chi connectivity index (χ0v) is 27.5. The molecule has 2 saturated heterocycles. The third-order valence-electron chi connectivity index (χ3n) is 10.1. The Bertz CT molecular complexity index is 2250. The molecule has 2 heterocycles. The monoisotopic (exact) mass is 644 g/mol. The molecular weight excluding hydrogens is 613 g/mol. The lowest BCUT2D eigenvalue weighted by atomic mass is 9.67. The van der Waals surface area contributed by atoms with Crippen molar-refractivity contribution >= 4 is 55.8 Å². The van der Waals surface area contributed by atoms with Crippen LogP contribution in [0, 0.1) is 0 Å². The van der Waals surface area contributed by atoms with E-state index in [0.29, 0.717) is 10.5 Å². The van der Waals surface area contributed by atoms with Crippen molar-refractivity contribution in [3.63, 3.8) is 0 Å². The molecule has 1 aliphatic carbocycles. The van der Waals surface area contributed by atoms with E-state index < -0.39 is 5.41 Å². The maximum atomic E-state index is 6.14. The molecule has 0 spiro atoms. The molecule has 3 aliphatic rings. The van der Waals surface area contributed by atoms with Crippen LogP contribution < -0.4 is 9.47 Å². The highest BCUT2D eigenvalue weighted by Gasteiger charge is 2.46. The van der Waals surface area contributed by atoms with Gasteiger partial charge >= 0.3 is 0 Å². The smallest absolute Gasteiger partial charge is 0.119 e. The molecule has 2 nitrogen and oxygen atoms in total. The van der Waals surface area contributed by atoms with E-state index in [1.807, 2.05) is 23.5 Å². The predicted molar refractivity (Wildman–Crippen MR) is 200 cm³/mol. The minimum Gasteiger partial charge on any atom is -0.492 e. The van der Waals surface area contributed by atoms with Gasteiger partial charge in [-0.2, -0.15) is 23.5 Å². The first-order valence-corrected chi connectivity index (χ1v) is 18.5. The third-order valence-corrected chi connectivity index (χ3v) is 12.0. The van der Waals surface area contributed by atoms with Crippen LogP contribution in [0.2, 0.25) is 0 Å². The summed E-state index contributed by atoms with van der Waals surface area (Å²) in [6, 6.07) is 49.8. The Labute approximate surface area is 283 Å². The van der Waals surface area contributed by atoms with E-state index in [4.69, 9.17) is 9.47 Å². The predicted octanol–water partition coefficient (Wildman–Crippen LogP) is 10.5. The molecule has 2 fully saturated rings. The molecule has 2 atom stereocenters. The molecule has 47 heavy (non-hydrogen) atoms. The van der Waals surface area contributed by atoms with E-state index in [1.54, 1.807) is 0 Å². The van der Waals surface area contributed by atoms with Crippen LogP contribution >= 0.6 is 23.5 Å². The maximum Gasteiger partial charge on any atom is 0.119 e. The largest absolute Gasteiger partial charge is 0.492 e. The quantitative estimate of drug-likeness (QED) is 0.153. The van der Waals surface area contributed by atoms with Crippen molar-refractivity contribution in [3.05, 3.63) is 156 Å². The number of hydrogen-bond donors (Lipinski definition) is 0. The van der Waals surface area contributed by atoms with Gasteiger partial charge in [0.15, 0.2) is 0 Å². The molecule has 0 radical (unpaired) electrons. The van der Waals surface area contributed by atoms with Gasteiger partial charge in [0.2, 0.25) is 0 Å². The lowest BCUT2D eigenvalue weighted by Gasteiger charge is -2.34. The van der Waals surface area contributed by atoms with E-state index in [-0.39, 0.29) is 0 Å². The summed E-state index contributed by atoms with van der Waals surface area (Å²) in [6.45, 7) is 1.57. The zero-order chi connectivity index (χ0) is 31.0. The van der Waals surface area contributed by atoms with Crippen molar-refractivity contribution in [2.45, 2.75) is 15.9 Å². The number of benzene rings is 7. The molecule has 7 aromatic carbocycles. The fraction of sp³-hybridized carbons (Fsp3) is 0.163. The lowest BCUT2D eigenvalue weighted by molar-refractivity contribution is 0.330. The summed E-state index contributed by atoms with van der Waals surface area (Å²) < 4.78 is 12.3. The molecule has 7 aromatic rings. The zero-order valence-electron chi connectivity index (χ0n) is 25.8. The first-order valence-electron chi connectivity index (χ1n) is 16.4. The first-order chi connectivity index (χ1) is 23.2. The Morgan fingerprint density at radius 2 is 1.04 bits per heavy atom. The number of ether oxygens (including phenoxy) is 2. The molecule has 0 saturated carbocycles. The maximum absolute atomic E-state index is 6.14. The molecule has 228 valence electrons. The number of fused-ring (bicyclic) bond motifs is 7. The van der Waals surface area contributed by atoms with Gasteiger partial charge < -0.3 is 9.47 Å². The van der Waals surface area contributed by atoms with Gasteiger partial charge in [0.05, 0.1) is 5.41 Å². The Morgan fingerprint density at radius 3 is 1.68 bits per heavy atom. The van der Waals surface area contributed by atoms with Crippen LogP contribution in [0.25, 0.3) is 43.4 Å². The Hall–Kier alpha value is -4.38. The molecule has 0 N–H and O–H groups in total. The normalized spacial score (nSPS) is 20.7. The summed E-state index contributed by atoms with van der Waals surface area (Å²) in [4.78, 5) is 0. The summed E-state index contributed by atoms with van der Waals surface area (Å²) in [6.07, 6.45) is 0. The molecule has 4 heteroatoms. The van der Waals surface area contributed by atoms with Gasteiger partial charge in [0.1, 0.15) is 24.7 Å². The van der Waals surface area contributed by atoms with Crippen LogP contribution in [0.15, 0.2) is 133 Å². The molecule has 10 rings (SSSR count). The highest BCUT2D eigenvalue weighted by molar-refractivity contribution is 8.07. The van der Waals surface area contributed by atoms with Gasteiger partial charge in [-0.25, -0.2) is 0 Å². The highest BCUT2D eigenvalue weighted by atomic mass is 32.2. The Kier molecular flexibility index (Phi) is 6.39. The van der Waals surface area contributed by atoms with Gasteiger partial charge in [-0.3, -0.25) is 0 Å². The van der Waals surface area contributed by atoms with Crippen molar-refractivity contribution in [3.8, 4) is 22.6 Å². The molecule has 0 amide bonds. The van der Waals surface area contributed by atoms with E-state index >= 15 is 0 Å². The third kappa shape index (κ3) is 4.64. The Morgan fingerprint density at radius 1 is 0.511 bits per heavy atom. The van der Waals surface area contributed by atoms with Crippen LogP contribution in [-0.4, -0.2) is 35.2 Å². The fourth-order valence-corrected chi connectivity index (χ4v) is 8.43. The van der Waals surface area contributed by atoms with E-state index in [9.17, 15) is 0 Å². The highest BCUT2D eigenvalue weighted by Crippen LogP contribution is 2.58. The van der Waals surface area contributed by atoms with E-state index in [0.717, 1.165) is 24.7 Å². The van der Waals surface area contributed by atoms with Crippen molar-refractivity contribution in [2.75, 3.05) is 24.7 Å². The van der Waals surface area contributed by atoms with Crippen LogP contribution in [-0.2, 0) is 5.41 Å². The number of hydrogen-bond acceptors (Lipinski definition) is 4. The summed E-state index contributed by atoms with van der Waals surface area (Å²) in [5, 5.41) is 8.70. The van der Waals surface area contributed by atoms with Gasteiger partial charge in [-0.05, 0) is 102 Å². The van der Waals surface area contributed by atoms with E-state index in [2.05, 4.69) is 133 Å². The summed E-state index contributed by atoms with van der Waals surface area (Å²) in [7, 11) is 0. The van der Waals surface area contributed by atoms with Gasteiger partial charge in [0.25, 0.3) is 0 Å². The average Bonchev–Trinajstić information content (AvgIpc) is 4.07. The van der Waals surface area contributed by atoms with Crippen LogP contribution in [0.4, 0.5) is 0 Å². The van der Waals surface area contributed by atoms with Crippen molar-refractivity contribution in [1.29, 1.82) is 0 Å². The second-order valence-electron chi connectivity index (χ2n) is 13.0. The van der Waals surface area contributed by atoms with Crippen LogP contribution in [0.5, 0.6) is 11.5 Å². The lowest BCUT2D eigenvalue weighted by Crippen LogP contribution is -2.28. The average molecular weight is 645 g/mol. The van der Waals surface area contributed by atoms with Gasteiger partial charge in [0, 0.05) is 22.0 Å². The SMILES string of the molecule is c1ccc2c(c1)-c1c(ccc3ccccc13)C2(c1ccc2cc(OCC3CS3)ccc2c1)c1ccc2cc(OCC3CS3)ccc2c1. The second-order valence-corrected chi connectivity index (χ2v) is 15.7. The molecule has 2 aliphatic heterocycles. The van der Waals surface area contributed by atoms with E-state index in [1.165, 1.54) is 77.2 Å². The number of rotatable bonds is 8. The van der Waals surface area contributed by atoms with Crippen molar-refractivity contribution < 1.29 is 9.47 Å². The first kappa shape index (κ1) is 27.7. The summed E-state index contributed by atoms with van der Waals surface area (Å²) in [5.41, 5.74) is 7.36. The molecular formula is C43H32O2S2. The molecule has 0 bridgehead atoms. The van der Waals surface area contributed by atoms with Gasteiger partial charge in [-0.15, -0.1) is 0 Å². The standard InChI is InChI=1S/C43H32O2S2/c1-2-6-38-27(5-1)13-18-41-42(38)39-7-3-4-8-40(39)43(41,32-14-9-30-21-34(16-11-28(30)19-32)44-23-36-25-46-36)33-15-10-31-22-35(17-12-29(31)20-33)45-24-37-26-47-37/h1-22,36-37H,23-26H2. The van der Waals surface area contributed by atoms with Crippen molar-refractivity contribution in [2.24, 2.45) is 0 Å². The summed E-state index contributed by atoms with van der Waals surface area (Å²) >= 11 is 3.94. The topological polar surface area (TPSA) is 18.5 Å². The minimum absolute atomic E-state index is 0.491. The second kappa shape index (κ2) is 10.8. The van der Waals surface area contributed by atoms with Crippen molar-refractivity contribution in [1.82, 2.24) is 0 Å². The number of thioether (sulfide) groups is 2. The van der Waals surface area contributed by atoms with Crippen LogP contribution in [0.1, 0.15) is 22.3 Å². The summed E-state index contributed by atoms with van der Waals surface area (Å²) in [5.74, 6) is 4.31. The van der Waals surface area contributed by atoms with Gasteiger partial charge in [-0.1, -0.05) is 97.1 Å². The Balaban J connectivity index is 1.19. The fourth-order valence-electron chi connectivity index (χ4n) is 7.64. The molecule has 2 unspecified atom stereocenters. The van der Waals surface area contributed by atoms with Crippen LogP contribution in [0.3, 0.4) is 0 Å². The minimum atomic E-state index is -0.491. The molecule has 0 aromatic heterocycles.